The van der Waals surface area contributed by atoms with Gasteiger partial charge in [0.2, 0.25) is 23.6 Å². The number of carboxylic acids is 2. The molecule has 0 aliphatic rings. The number of primary amides is 1. The molecular weight excluding hydrogens is 518 g/mol. The third kappa shape index (κ3) is 12.5. The molecule has 0 aliphatic heterocycles. The highest BCUT2D eigenvalue weighted by molar-refractivity contribution is 7.98. The van der Waals surface area contributed by atoms with Crippen LogP contribution < -0.4 is 27.4 Å². The Balaban J connectivity index is 3.01. The topological polar surface area (TPSA) is 231 Å². The minimum atomic E-state index is -1.37. The van der Waals surface area contributed by atoms with Crippen LogP contribution in [0, 0.1) is 0 Å². The second kappa shape index (κ2) is 17.0. The van der Waals surface area contributed by atoms with Crippen LogP contribution >= 0.6 is 11.8 Å². The smallest absolute Gasteiger partial charge is 0.326 e. The molecule has 9 N–H and O–H groups in total. The van der Waals surface area contributed by atoms with Crippen molar-refractivity contribution >= 4 is 47.3 Å². The summed E-state index contributed by atoms with van der Waals surface area (Å²) in [5, 5.41) is 25.6. The molecule has 0 aromatic heterocycles. The first kappa shape index (κ1) is 32.4. The third-order valence-electron chi connectivity index (χ3n) is 5.45. The van der Waals surface area contributed by atoms with Gasteiger partial charge in [-0.15, -0.1) is 0 Å². The normalized spacial score (nSPS) is 13.8. The second-order valence-electron chi connectivity index (χ2n) is 8.54. The summed E-state index contributed by atoms with van der Waals surface area (Å²) in [5.74, 6) is -5.26. The molecule has 0 heterocycles. The molecular formula is C24H35N5O8S. The number of carbonyl (C=O) groups excluding carboxylic acids is 4. The number of benzene rings is 1. The number of nitrogens with one attached hydrogen (secondary N) is 3. The van der Waals surface area contributed by atoms with Crippen molar-refractivity contribution in [1.82, 2.24) is 16.0 Å². The van der Waals surface area contributed by atoms with Gasteiger partial charge in [0.1, 0.15) is 18.1 Å². The van der Waals surface area contributed by atoms with Gasteiger partial charge in [0.05, 0.1) is 6.04 Å². The van der Waals surface area contributed by atoms with Crippen molar-refractivity contribution in [2.24, 2.45) is 11.5 Å². The zero-order chi connectivity index (χ0) is 28.7. The summed E-state index contributed by atoms with van der Waals surface area (Å²) >= 11 is 1.38. The van der Waals surface area contributed by atoms with E-state index in [2.05, 4.69) is 16.0 Å². The number of rotatable bonds is 18. The molecule has 0 bridgehead atoms. The maximum atomic E-state index is 13.0. The number of aliphatic carboxylic acids is 2. The van der Waals surface area contributed by atoms with E-state index in [1.54, 1.807) is 36.6 Å². The molecule has 0 radical (unpaired) electrons. The van der Waals surface area contributed by atoms with Gasteiger partial charge in [-0.2, -0.15) is 11.8 Å². The van der Waals surface area contributed by atoms with E-state index in [1.807, 2.05) is 0 Å². The average molecular weight is 554 g/mol. The summed E-state index contributed by atoms with van der Waals surface area (Å²) in [6.45, 7) is 0. The predicted octanol–water partition coefficient (Wildman–Crippen LogP) is -1.02. The van der Waals surface area contributed by atoms with Gasteiger partial charge in [0.15, 0.2) is 0 Å². The van der Waals surface area contributed by atoms with Crippen LogP contribution in [-0.2, 0) is 35.2 Å². The fraction of sp³-hybridized carbons (Fsp3) is 0.500. The summed E-state index contributed by atoms with van der Waals surface area (Å²) in [5.41, 5.74) is 11.9. The van der Waals surface area contributed by atoms with E-state index in [1.165, 1.54) is 11.8 Å². The van der Waals surface area contributed by atoms with Crippen molar-refractivity contribution in [3.8, 4) is 0 Å². The number of hydrogen-bond donors (Lipinski definition) is 7. The van der Waals surface area contributed by atoms with E-state index >= 15 is 0 Å². The molecule has 1 aromatic rings. The maximum Gasteiger partial charge on any atom is 0.326 e. The van der Waals surface area contributed by atoms with Crippen LogP contribution in [0.5, 0.6) is 0 Å². The highest BCUT2D eigenvalue weighted by Crippen LogP contribution is 2.07. The summed E-state index contributed by atoms with van der Waals surface area (Å²) in [6, 6.07) is 3.88. The number of thioether (sulfide) groups is 1. The Bertz CT molecular complexity index is 978. The molecule has 14 heteroatoms. The van der Waals surface area contributed by atoms with Crippen LogP contribution in [0.4, 0.5) is 0 Å². The van der Waals surface area contributed by atoms with Gasteiger partial charge in [-0.3, -0.25) is 24.0 Å². The lowest BCUT2D eigenvalue weighted by Gasteiger charge is -2.25. The second-order valence-corrected chi connectivity index (χ2v) is 9.52. The van der Waals surface area contributed by atoms with Gasteiger partial charge in [0, 0.05) is 12.8 Å². The Kier molecular flexibility index (Phi) is 14.5. The van der Waals surface area contributed by atoms with Crippen molar-refractivity contribution in [2.45, 2.75) is 62.7 Å². The van der Waals surface area contributed by atoms with Gasteiger partial charge in [-0.05, 0) is 43.3 Å². The minimum absolute atomic E-state index is 0.120. The van der Waals surface area contributed by atoms with E-state index < -0.39 is 66.2 Å². The molecule has 38 heavy (non-hydrogen) atoms. The zero-order valence-electron chi connectivity index (χ0n) is 21.1. The molecule has 0 saturated heterocycles. The van der Waals surface area contributed by atoms with E-state index in [4.69, 9.17) is 16.6 Å². The van der Waals surface area contributed by atoms with Crippen LogP contribution in [0.15, 0.2) is 30.3 Å². The van der Waals surface area contributed by atoms with Crippen molar-refractivity contribution in [3.05, 3.63) is 35.9 Å². The molecule has 0 fully saturated rings. The summed E-state index contributed by atoms with van der Waals surface area (Å²) in [6.07, 6.45) is 0.740. The van der Waals surface area contributed by atoms with Gasteiger partial charge >= 0.3 is 11.9 Å². The molecule has 1 rings (SSSR count). The number of carboxylic acid groups (broad SMARTS) is 2. The quantitative estimate of drug-likeness (QED) is 0.117. The lowest BCUT2D eigenvalue weighted by atomic mass is 10.0. The van der Waals surface area contributed by atoms with Crippen molar-refractivity contribution in [2.75, 3.05) is 12.0 Å². The number of carbonyl (C=O) groups is 6. The summed E-state index contributed by atoms with van der Waals surface area (Å²) in [7, 11) is 0. The Morgan fingerprint density at radius 1 is 0.816 bits per heavy atom. The molecule has 0 aliphatic carbocycles. The van der Waals surface area contributed by atoms with Gasteiger partial charge in [0.25, 0.3) is 0 Å². The van der Waals surface area contributed by atoms with E-state index in [0.29, 0.717) is 5.75 Å². The Morgan fingerprint density at radius 2 is 1.34 bits per heavy atom. The van der Waals surface area contributed by atoms with Gasteiger partial charge in [-0.1, -0.05) is 30.3 Å². The van der Waals surface area contributed by atoms with Crippen molar-refractivity contribution in [3.63, 3.8) is 0 Å². The van der Waals surface area contributed by atoms with Crippen LogP contribution in [-0.4, -0.2) is 82.0 Å². The standard InChI is InChI=1S/C24H35N5O8S/c1-38-12-11-18(24(36)37)29-23(35)16(7-9-19(26)30)28-22(34)17(8-10-20(31)32)27-21(33)15(25)13-14-5-3-2-4-6-14/h2-6,15-18H,7-13,25H2,1H3,(H2,26,30)(H,27,33)(H,28,34)(H,29,35)(H,31,32)(H,36,37)/t15-,16-,17-,18-/m0/s1. The lowest BCUT2D eigenvalue weighted by molar-refractivity contribution is -0.142. The Labute approximate surface area is 224 Å². The van der Waals surface area contributed by atoms with Crippen LogP contribution in [0.3, 0.4) is 0 Å². The SMILES string of the molecule is CSCC[C@H](NC(=O)[C@H](CCC(N)=O)NC(=O)[C@H](CCC(=O)O)NC(=O)[C@@H](N)Cc1ccccc1)C(=O)O. The third-order valence-corrected chi connectivity index (χ3v) is 6.10. The number of nitrogens with two attached hydrogens (primary N) is 2. The average Bonchev–Trinajstić information content (AvgIpc) is 2.86. The molecule has 4 amide bonds. The Morgan fingerprint density at radius 3 is 1.84 bits per heavy atom. The predicted molar refractivity (Wildman–Crippen MR) is 140 cm³/mol. The highest BCUT2D eigenvalue weighted by atomic mass is 32.2. The molecule has 13 nitrogen and oxygen atoms in total. The van der Waals surface area contributed by atoms with Crippen molar-refractivity contribution in [1.29, 1.82) is 0 Å². The molecule has 0 saturated carbocycles. The largest absolute Gasteiger partial charge is 0.481 e. The monoisotopic (exact) mass is 553 g/mol. The van der Waals surface area contributed by atoms with Gasteiger partial charge in [-0.25, -0.2) is 4.79 Å². The molecule has 4 atom stereocenters. The molecule has 0 spiro atoms. The van der Waals surface area contributed by atoms with Crippen LogP contribution in [0.2, 0.25) is 0 Å². The summed E-state index contributed by atoms with van der Waals surface area (Å²) < 4.78 is 0. The van der Waals surface area contributed by atoms with Gasteiger partial charge < -0.3 is 37.6 Å². The maximum absolute atomic E-state index is 13.0. The number of hydrogen-bond acceptors (Lipinski definition) is 8. The first-order valence-electron chi connectivity index (χ1n) is 11.9. The lowest BCUT2D eigenvalue weighted by Crippen LogP contribution is -2.57. The first-order chi connectivity index (χ1) is 17.9. The van der Waals surface area contributed by atoms with Crippen molar-refractivity contribution < 1.29 is 39.0 Å². The fourth-order valence-electron chi connectivity index (χ4n) is 3.37. The Hall–Kier alpha value is -3.65. The van der Waals surface area contributed by atoms with Crippen LogP contribution in [0.25, 0.3) is 0 Å². The molecule has 1 aromatic carbocycles. The van der Waals surface area contributed by atoms with E-state index in [-0.39, 0.29) is 32.1 Å². The fourth-order valence-corrected chi connectivity index (χ4v) is 3.84. The zero-order valence-corrected chi connectivity index (χ0v) is 21.9. The molecule has 210 valence electrons. The van der Waals surface area contributed by atoms with E-state index in [9.17, 15) is 33.9 Å². The highest BCUT2D eigenvalue weighted by Gasteiger charge is 2.30. The first-order valence-corrected chi connectivity index (χ1v) is 13.3. The summed E-state index contributed by atoms with van der Waals surface area (Å²) in [4.78, 5) is 72.5. The minimum Gasteiger partial charge on any atom is -0.481 e. The van der Waals surface area contributed by atoms with Crippen LogP contribution in [0.1, 0.15) is 37.7 Å². The van der Waals surface area contributed by atoms with E-state index in [0.717, 1.165) is 5.56 Å². The number of amides is 4. The molecule has 0 unspecified atom stereocenters.